The third-order valence-corrected chi connectivity index (χ3v) is 4.77. The Morgan fingerprint density at radius 3 is 2.78 bits per heavy atom. The molecular formula is C19H28N6O2. The van der Waals surface area contributed by atoms with E-state index >= 15 is 0 Å². The predicted molar refractivity (Wildman–Crippen MR) is 105 cm³/mol. The maximum atomic E-state index is 12.5. The van der Waals surface area contributed by atoms with Crippen LogP contribution in [-0.4, -0.2) is 39.9 Å². The molecule has 8 heteroatoms. The molecule has 0 bridgehead atoms. The summed E-state index contributed by atoms with van der Waals surface area (Å²) in [6.45, 7) is 8.68. The smallest absolute Gasteiger partial charge is 0.320 e. The number of nitrogens with zero attached hydrogens (tertiary/aromatic N) is 4. The third-order valence-electron chi connectivity index (χ3n) is 4.77. The molecule has 1 saturated carbocycles. The number of carbonyl (C=O) groups excluding carboxylic acids is 2. The number of fused-ring (bicyclic) bond motifs is 1. The normalized spacial score (nSPS) is 19.9. The van der Waals surface area contributed by atoms with E-state index in [1.807, 2.05) is 33.8 Å². The minimum atomic E-state index is -0.315. The summed E-state index contributed by atoms with van der Waals surface area (Å²) in [5.41, 5.74) is 1.45. The van der Waals surface area contributed by atoms with Gasteiger partial charge in [0.05, 0.1) is 11.6 Å². The Hall–Kier alpha value is -2.51. The van der Waals surface area contributed by atoms with Crippen LogP contribution in [0, 0.1) is 5.92 Å². The summed E-state index contributed by atoms with van der Waals surface area (Å²) >= 11 is 0. The Bertz CT molecular complexity index is 800. The lowest BCUT2D eigenvalue weighted by atomic mass is 9.86. The molecule has 0 spiro atoms. The van der Waals surface area contributed by atoms with Gasteiger partial charge < -0.3 is 5.32 Å². The van der Waals surface area contributed by atoms with Gasteiger partial charge in [-0.1, -0.05) is 34.1 Å². The molecule has 2 heterocycles. The van der Waals surface area contributed by atoms with Crippen molar-refractivity contribution in [3.05, 3.63) is 11.8 Å². The molecule has 3 rings (SSSR count). The Kier molecular flexibility index (Phi) is 5.43. The van der Waals surface area contributed by atoms with E-state index in [9.17, 15) is 9.59 Å². The number of urea groups is 1. The molecule has 1 aliphatic heterocycles. The molecule has 27 heavy (non-hydrogen) atoms. The highest BCUT2D eigenvalue weighted by Crippen LogP contribution is 2.28. The second kappa shape index (κ2) is 7.62. The third kappa shape index (κ3) is 4.26. The SMILES string of the molecule is CCCNC(=O)Nc1cc(C(C)(C)C)nn1C1=NC(=O)C2CCCCC2=N1. The van der Waals surface area contributed by atoms with E-state index in [1.165, 1.54) is 4.68 Å². The highest BCUT2D eigenvalue weighted by atomic mass is 16.2. The van der Waals surface area contributed by atoms with E-state index in [2.05, 4.69) is 25.7 Å². The van der Waals surface area contributed by atoms with Gasteiger partial charge in [-0.25, -0.2) is 9.79 Å². The zero-order valence-corrected chi connectivity index (χ0v) is 16.5. The standard InChI is InChI=1S/C19H28N6O2/c1-5-10-20-18(27)22-15-11-14(19(2,3)4)24-25(15)17-21-13-9-7-6-8-12(13)16(26)23-17/h11-12H,5-10H2,1-4H3,(H2,20,22,27). The van der Waals surface area contributed by atoms with Crippen molar-refractivity contribution in [1.82, 2.24) is 15.1 Å². The van der Waals surface area contributed by atoms with E-state index in [-0.39, 0.29) is 29.2 Å². The number of aliphatic imine (C=N–C) groups is 2. The average Bonchev–Trinajstić information content (AvgIpc) is 3.04. The highest BCUT2D eigenvalue weighted by Gasteiger charge is 2.32. The first-order chi connectivity index (χ1) is 12.8. The Morgan fingerprint density at radius 1 is 1.30 bits per heavy atom. The Labute approximate surface area is 159 Å². The van der Waals surface area contributed by atoms with Gasteiger partial charge in [-0.3, -0.25) is 10.1 Å². The molecule has 0 aromatic carbocycles. The fourth-order valence-corrected chi connectivity index (χ4v) is 3.21. The molecule has 1 atom stereocenters. The molecule has 0 radical (unpaired) electrons. The maximum Gasteiger partial charge on any atom is 0.320 e. The summed E-state index contributed by atoms with van der Waals surface area (Å²) in [5, 5.41) is 10.2. The summed E-state index contributed by atoms with van der Waals surface area (Å²) in [4.78, 5) is 33.4. The van der Waals surface area contributed by atoms with Gasteiger partial charge in [0.15, 0.2) is 0 Å². The average molecular weight is 372 g/mol. The minimum absolute atomic E-state index is 0.163. The van der Waals surface area contributed by atoms with E-state index in [0.717, 1.165) is 43.5 Å². The Morgan fingerprint density at radius 2 is 2.07 bits per heavy atom. The predicted octanol–water partition coefficient (Wildman–Crippen LogP) is 3.09. The number of nitrogens with one attached hydrogen (secondary N) is 2. The van der Waals surface area contributed by atoms with Crippen LogP contribution in [0.4, 0.5) is 10.6 Å². The number of rotatable bonds is 3. The first-order valence-corrected chi connectivity index (χ1v) is 9.65. The number of amides is 3. The van der Waals surface area contributed by atoms with Crippen molar-refractivity contribution in [1.29, 1.82) is 0 Å². The summed E-state index contributed by atoms with van der Waals surface area (Å²) < 4.78 is 1.47. The number of anilines is 1. The van der Waals surface area contributed by atoms with Crippen molar-refractivity contribution in [2.24, 2.45) is 15.9 Å². The Balaban J connectivity index is 1.96. The van der Waals surface area contributed by atoms with Gasteiger partial charge in [0.25, 0.3) is 11.9 Å². The van der Waals surface area contributed by atoms with Gasteiger partial charge >= 0.3 is 6.03 Å². The maximum absolute atomic E-state index is 12.5. The van der Waals surface area contributed by atoms with E-state index in [1.54, 1.807) is 0 Å². The zero-order chi connectivity index (χ0) is 19.6. The molecule has 2 aliphatic rings. The van der Waals surface area contributed by atoms with Crippen LogP contribution in [0.15, 0.2) is 16.1 Å². The molecule has 1 aromatic heterocycles. The van der Waals surface area contributed by atoms with Gasteiger partial charge in [-0.15, -0.1) is 0 Å². The van der Waals surface area contributed by atoms with Crippen molar-refractivity contribution >= 4 is 29.4 Å². The fourth-order valence-electron chi connectivity index (χ4n) is 3.21. The second-order valence-electron chi connectivity index (χ2n) is 8.11. The van der Waals surface area contributed by atoms with Crippen LogP contribution >= 0.6 is 0 Å². The molecule has 1 aliphatic carbocycles. The monoisotopic (exact) mass is 372 g/mol. The zero-order valence-electron chi connectivity index (χ0n) is 16.5. The van der Waals surface area contributed by atoms with Gasteiger partial charge in [-0.2, -0.15) is 14.8 Å². The highest BCUT2D eigenvalue weighted by molar-refractivity contribution is 6.16. The summed E-state index contributed by atoms with van der Waals surface area (Å²) in [6, 6.07) is 1.50. The molecule has 3 amide bonds. The molecular weight excluding hydrogens is 344 g/mol. The van der Waals surface area contributed by atoms with E-state index in [0.29, 0.717) is 12.4 Å². The van der Waals surface area contributed by atoms with Gasteiger partial charge in [-0.05, 0) is 25.7 Å². The van der Waals surface area contributed by atoms with E-state index in [4.69, 9.17) is 0 Å². The second-order valence-corrected chi connectivity index (χ2v) is 8.11. The van der Waals surface area contributed by atoms with Gasteiger partial charge in [0, 0.05) is 23.7 Å². The van der Waals surface area contributed by atoms with Crippen LogP contribution in [0.25, 0.3) is 0 Å². The molecule has 1 aromatic rings. The van der Waals surface area contributed by atoms with Gasteiger partial charge in [0.1, 0.15) is 5.82 Å². The topological polar surface area (TPSA) is 101 Å². The van der Waals surface area contributed by atoms with Crippen LogP contribution in [0.3, 0.4) is 0 Å². The molecule has 8 nitrogen and oxygen atoms in total. The molecule has 1 fully saturated rings. The van der Waals surface area contributed by atoms with E-state index < -0.39 is 0 Å². The number of carbonyl (C=O) groups is 2. The van der Waals surface area contributed by atoms with Crippen molar-refractivity contribution in [3.8, 4) is 0 Å². The van der Waals surface area contributed by atoms with Crippen LogP contribution in [0.5, 0.6) is 0 Å². The number of hydrogen-bond acceptors (Lipinski definition) is 4. The van der Waals surface area contributed by atoms with Crippen LogP contribution in [-0.2, 0) is 10.2 Å². The number of aromatic nitrogens is 2. The largest absolute Gasteiger partial charge is 0.338 e. The van der Waals surface area contributed by atoms with Crippen LogP contribution < -0.4 is 10.6 Å². The van der Waals surface area contributed by atoms with Crippen molar-refractivity contribution in [2.75, 3.05) is 11.9 Å². The van der Waals surface area contributed by atoms with Crippen LogP contribution in [0.2, 0.25) is 0 Å². The quantitative estimate of drug-likeness (QED) is 0.852. The summed E-state index contributed by atoms with van der Waals surface area (Å²) in [5.74, 6) is 0.335. The van der Waals surface area contributed by atoms with Crippen molar-refractivity contribution in [3.63, 3.8) is 0 Å². The first-order valence-electron chi connectivity index (χ1n) is 9.65. The molecule has 0 saturated heterocycles. The lowest BCUT2D eigenvalue weighted by molar-refractivity contribution is -0.120. The lowest BCUT2D eigenvalue weighted by Gasteiger charge is -2.24. The fraction of sp³-hybridized carbons (Fsp3) is 0.632. The number of hydrogen-bond donors (Lipinski definition) is 2. The first kappa shape index (κ1) is 19.3. The van der Waals surface area contributed by atoms with Crippen molar-refractivity contribution in [2.45, 2.75) is 65.2 Å². The molecule has 146 valence electrons. The van der Waals surface area contributed by atoms with Crippen LogP contribution in [0.1, 0.15) is 65.5 Å². The minimum Gasteiger partial charge on any atom is -0.338 e. The summed E-state index contributed by atoms with van der Waals surface area (Å²) in [6.07, 6.45) is 4.53. The summed E-state index contributed by atoms with van der Waals surface area (Å²) in [7, 11) is 0. The lowest BCUT2D eigenvalue weighted by Crippen LogP contribution is -2.35. The van der Waals surface area contributed by atoms with Crippen molar-refractivity contribution < 1.29 is 9.59 Å². The molecule has 2 N–H and O–H groups in total. The molecule has 1 unspecified atom stereocenters. The van der Waals surface area contributed by atoms with Gasteiger partial charge in [0.2, 0.25) is 0 Å².